The molecule has 0 aromatic carbocycles. The van der Waals surface area contributed by atoms with Gasteiger partial charge in [-0.25, -0.2) is 0 Å². The molecule has 2 bridgehead atoms. The van der Waals surface area contributed by atoms with Gasteiger partial charge in [0.1, 0.15) is 5.01 Å². The smallest absolute Gasteiger partial charge is 0.250 e. The second kappa shape index (κ2) is 7.28. The lowest BCUT2D eigenvalue weighted by molar-refractivity contribution is -0.117. The number of piperidine rings is 1. The highest BCUT2D eigenvalue weighted by Gasteiger charge is 2.34. The van der Waals surface area contributed by atoms with Crippen molar-refractivity contribution in [3.05, 3.63) is 39.3 Å². The number of carbonyl (C=O) groups is 1. The van der Waals surface area contributed by atoms with Crippen LogP contribution in [-0.2, 0) is 17.8 Å². The fraction of sp³-hybridized carbons (Fsp3) is 0.556. The third-order valence-electron chi connectivity index (χ3n) is 5.10. The number of hydrogen-bond acceptors (Lipinski definition) is 6. The maximum atomic E-state index is 12.4. The predicted octanol–water partition coefficient (Wildman–Crippen LogP) is 1.71. The van der Waals surface area contributed by atoms with E-state index in [2.05, 4.69) is 27.3 Å². The number of anilines is 1. The van der Waals surface area contributed by atoms with E-state index in [0.29, 0.717) is 23.5 Å². The third-order valence-corrected chi connectivity index (χ3v) is 6.00. The molecule has 7 nitrogen and oxygen atoms in total. The average Bonchev–Trinajstić information content (AvgIpc) is 3.03. The summed E-state index contributed by atoms with van der Waals surface area (Å²) in [7, 11) is 0. The van der Waals surface area contributed by atoms with Crippen molar-refractivity contribution in [3.63, 3.8) is 0 Å². The molecule has 2 aromatic rings. The van der Waals surface area contributed by atoms with Gasteiger partial charge >= 0.3 is 0 Å². The van der Waals surface area contributed by atoms with Gasteiger partial charge in [0.15, 0.2) is 0 Å². The Labute approximate surface area is 156 Å². The van der Waals surface area contributed by atoms with Crippen molar-refractivity contribution < 1.29 is 4.79 Å². The van der Waals surface area contributed by atoms with Gasteiger partial charge in [-0.1, -0.05) is 24.3 Å². The standard InChI is InChI=1S/C18H23N5O2S/c1-2-4-16-20-21-18(26-16)19-15(24)11-22-8-12-7-13(10-22)14-5-3-6-17(25)23(14)9-12/h3,5-6,12-13H,2,4,7-11H2,1H3,(H,19,21,24)/t12-,13+/m1/s1. The summed E-state index contributed by atoms with van der Waals surface area (Å²) in [6.07, 6.45) is 3.00. The van der Waals surface area contributed by atoms with Crippen molar-refractivity contribution in [2.24, 2.45) is 5.92 Å². The molecule has 1 amide bonds. The Morgan fingerprint density at radius 1 is 1.31 bits per heavy atom. The molecule has 26 heavy (non-hydrogen) atoms. The molecule has 0 spiro atoms. The maximum Gasteiger partial charge on any atom is 0.250 e. The lowest BCUT2D eigenvalue weighted by atomic mass is 9.83. The summed E-state index contributed by atoms with van der Waals surface area (Å²) in [5.41, 5.74) is 1.19. The number of nitrogens with zero attached hydrogens (tertiary/aromatic N) is 4. The van der Waals surface area contributed by atoms with Gasteiger partial charge < -0.3 is 4.57 Å². The molecule has 1 N–H and O–H groups in total. The van der Waals surface area contributed by atoms with Crippen LogP contribution in [0.3, 0.4) is 0 Å². The van der Waals surface area contributed by atoms with Gasteiger partial charge in [0, 0.05) is 43.7 Å². The first-order valence-electron chi connectivity index (χ1n) is 9.16. The van der Waals surface area contributed by atoms with E-state index in [1.165, 1.54) is 11.3 Å². The van der Waals surface area contributed by atoms with Crippen LogP contribution >= 0.6 is 11.3 Å². The molecule has 1 fully saturated rings. The van der Waals surface area contributed by atoms with E-state index >= 15 is 0 Å². The highest BCUT2D eigenvalue weighted by molar-refractivity contribution is 7.15. The largest absolute Gasteiger partial charge is 0.312 e. The molecule has 4 rings (SSSR count). The van der Waals surface area contributed by atoms with Gasteiger partial charge in [0.2, 0.25) is 11.0 Å². The molecular weight excluding hydrogens is 350 g/mol. The molecule has 0 aliphatic carbocycles. The Morgan fingerprint density at radius 3 is 3.04 bits per heavy atom. The number of rotatable bonds is 5. The van der Waals surface area contributed by atoms with Gasteiger partial charge in [-0.3, -0.25) is 19.8 Å². The van der Waals surface area contributed by atoms with Crippen molar-refractivity contribution in [2.45, 2.75) is 38.6 Å². The minimum absolute atomic E-state index is 0.0466. The fourth-order valence-electron chi connectivity index (χ4n) is 4.11. The van der Waals surface area contributed by atoms with Crippen molar-refractivity contribution in [1.29, 1.82) is 0 Å². The van der Waals surface area contributed by atoms with E-state index in [4.69, 9.17) is 0 Å². The minimum atomic E-state index is -0.0466. The van der Waals surface area contributed by atoms with Crippen LogP contribution in [0.15, 0.2) is 23.0 Å². The second-order valence-electron chi connectivity index (χ2n) is 7.19. The monoisotopic (exact) mass is 373 g/mol. The molecule has 2 atom stereocenters. The first-order chi connectivity index (χ1) is 12.6. The molecule has 8 heteroatoms. The molecule has 2 aromatic heterocycles. The summed E-state index contributed by atoms with van der Waals surface area (Å²) in [5.74, 6) is 0.698. The SMILES string of the molecule is CCCc1nnc(NC(=O)CN2C[C@H]3C[C@@H](C2)c2cccc(=O)n2C3)s1. The number of likely N-dealkylation sites (tertiary alicyclic amines) is 1. The quantitative estimate of drug-likeness (QED) is 0.863. The normalized spacial score (nSPS) is 22.0. The lowest BCUT2D eigenvalue weighted by Gasteiger charge is -2.42. The number of fused-ring (bicyclic) bond motifs is 4. The second-order valence-corrected chi connectivity index (χ2v) is 8.25. The first kappa shape index (κ1) is 17.4. The summed E-state index contributed by atoms with van der Waals surface area (Å²) in [4.78, 5) is 26.7. The number of hydrogen-bond donors (Lipinski definition) is 1. The fourth-order valence-corrected chi connectivity index (χ4v) is 4.96. The van der Waals surface area contributed by atoms with Crippen LogP contribution in [0, 0.1) is 5.92 Å². The van der Waals surface area contributed by atoms with Crippen LogP contribution in [-0.4, -0.2) is 45.2 Å². The van der Waals surface area contributed by atoms with E-state index in [1.807, 2.05) is 16.7 Å². The van der Waals surface area contributed by atoms with Crippen molar-refractivity contribution in [3.8, 4) is 0 Å². The summed E-state index contributed by atoms with van der Waals surface area (Å²) in [6.45, 7) is 4.86. The average molecular weight is 373 g/mol. The van der Waals surface area contributed by atoms with Crippen LogP contribution in [0.4, 0.5) is 5.13 Å². The highest BCUT2D eigenvalue weighted by Crippen LogP contribution is 2.34. The number of nitrogens with one attached hydrogen (secondary N) is 1. The van der Waals surface area contributed by atoms with Crippen molar-refractivity contribution >= 4 is 22.4 Å². The predicted molar refractivity (Wildman–Crippen MR) is 101 cm³/mol. The number of pyridine rings is 1. The summed E-state index contributed by atoms with van der Waals surface area (Å²) in [6, 6.07) is 5.51. The molecular formula is C18H23N5O2S. The van der Waals surface area contributed by atoms with Gasteiger partial charge in [-0.05, 0) is 24.8 Å². The van der Waals surface area contributed by atoms with E-state index < -0.39 is 0 Å². The third kappa shape index (κ3) is 3.57. The zero-order valence-corrected chi connectivity index (χ0v) is 15.7. The summed E-state index contributed by atoms with van der Waals surface area (Å²) in [5, 5.41) is 12.5. The van der Waals surface area contributed by atoms with E-state index in [9.17, 15) is 9.59 Å². The highest BCUT2D eigenvalue weighted by atomic mass is 32.1. The van der Waals surface area contributed by atoms with Crippen LogP contribution in [0.25, 0.3) is 0 Å². The Balaban J connectivity index is 1.39. The number of carbonyl (C=O) groups excluding carboxylic acids is 1. The summed E-state index contributed by atoms with van der Waals surface area (Å²) >= 11 is 1.45. The molecule has 4 heterocycles. The van der Waals surface area contributed by atoms with Gasteiger partial charge in [0.25, 0.3) is 5.56 Å². The van der Waals surface area contributed by atoms with Crippen LogP contribution < -0.4 is 10.9 Å². The summed E-state index contributed by atoms with van der Waals surface area (Å²) < 4.78 is 1.91. The van der Waals surface area contributed by atoms with Crippen LogP contribution in [0.1, 0.15) is 36.4 Å². The van der Waals surface area contributed by atoms with Gasteiger partial charge in [-0.2, -0.15) is 0 Å². The van der Waals surface area contributed by atoms with Gasteiger partial charge in [0.05, 0.1) is 6.54 Å². The lowest BCUT2D eigenvalue weighted by Crippen LogP contribution is -2.49. The minimum Gasteiger partial charge on any atom is -0.312 e. The van der Waals surface area contributed by atoms with Crippen LogP contribution in [0.2, 0.25) is 0 Å². The van der Waals surface area contributed by atoms with E-state index in [0.717, 1.165) is 49.6 Å². The maximum absolute atomic E-state index is 12.4. The molecule has 1 saturated heterocycles. The molecule has 2 aliphatic rings. The Hall–Kier alpha value is -2.06. The zero-order valence-electron chi connectivity index (χ0n) is 14.9. The van der Waals surface area contributed by atoms with E-state index in [-0.39, 0.29) is 11.5 Å². The molecule has 2 aliphatic heterocycles. The molecule has 0 saturated carbocycles. The van der Waals surface area contributed by atoms with E-state index in [1.54, 1.807) is 6.07 Å². The van der Waals surface area contributed by atoms with Crippen LogP contribution in [0.5, 0.6) is 0 Å². The topological polar surface area (TPSA) is 80.1 Å². The Morgan fingerprint density at radius 2 is 2.19 bits per heavy atom. The Kier molecular flexibility index (Phi) is 4.86. The zero-order chi connectivity index (χ0) is 18.1. The first-order valence-corrected chi connectivity index (χ1v) is 9.98. The molecule has 138 valence electrons. The number of aryl methyl sites for hydroxylation is 1. The molecule has 0 unspecified atom stereocenters. The van der Waals surface area contributed by atoms with Gasteiger partial charge in [-0.15, -0.1) is 10.2 Å². The van der Waals surface area contributed by atoms with Crippen molar-refractivity contribution in [2.75, 3.05) is 25.0 Å². The van der Waals surface area contributed by atoms with Crippen molar-refractivity contribution in [1.82, 2.24) is 19.7 Å². The molecule has 0 radical (unpaired) electrons. The number of amides is 1. The Bertz CT molecular complexity index is 861. The number of aromatic nitrogens is 3.